The van der Waals surface area contributed by atoms with E-state index in [9.17, 15) is 9.18 Å². The molecule has 1 aromatic carbocycles. The van der Waals surface area contributed by atoms with Gasteiger partial charge in [0.25, 0.3) is 5.91 Å². The molecule has 0 fully saturated rings. The van der Waals surface area contributed by atoms with Crippen LogP contribution in [-0.4, -0.2) is 23.9 Å². The van der Waals surface area contributed by atoms with Crippen LogP contribution in [0.15, 0.2) is 22.7 Å². The molecular formula is C11H13BrFNO. The summed E-state index contributed by atoms with van der Waals surface area (Å²) in [6.45, 7) is 3.82. The summed E-state index contributed by atoms with van der Waals surface area (Å²) in [5, 5.41) is 0. The number of halogens is 2. The minimum atomic E-state index is -0.404. The van der Waals surface area contributed by atoms with Gasteiger partial charge in [0.1, 0.15) is 5.82 Å². The molecule has 15 heavy (non-hydrogen) atoms. The fourth-order valence-electron chi connectivity index (χ4n) is 1.09. The molecule has 0 bridgehead atoms. The molecule has 1 amide bonds. The Morgan fingerprint density at radius 2 is 2.07 bits per heavy atom. The second kappa shape index (κ2) is 4.75. The van der Waals surface area contributed by atoms with Crippen LogP contribution in [0.2, 0.25) is 0 Å². The standard InChI is InChI=1S/C11H13BrFNO/c1-7(2)14(3)11(15)9-6-8(13)4-5-10(9)12/h4-7H,1-3H3. The van der Waals surface area contributed by atoms with Crippen molar-refractivity contribution in [3.8, 4) is 0 Å². The first-order valence-electron chi connectivity index (χ1n) is 4.65. The summed E-state index contributed by atoms with van der Waals surface area (Å²) in [5.41, 5.74) is 0.353. The maximum Gasteiger partial charge on any atom is 0.255 e. The van der Waals surface area contributed by atoms with Gasteiger partial charge < -0.3 is 4.90 Å². The topological polar surface area (TPSA) is 20.3 Å². The van der Waals surface area contributed by atoms with Crippen molar-refractivity contribution < 1.29 is 9.18 Å². The van der Waals surface area contributed by atoms with Gasteiger partial charge in [0.05, 0.1) is 5.56 Å². The second-order valence-electron chi connectivity index (χ2n) is 3.63. The number of hydrogen-bond donors (Lipinski definition) is 0. The molecule has 2 nitrogen and oxygen atoms in total. The molecule has 0 atom stereocenters. The van der Waals surface area contributed by atoms with E-state index in [1.165, 1.54) is 18.2 Å². The summed E-state index contributed by atoms with van der Waals surface area (Å²) >= 11 is 3.23. The SMILES string of the molecule is CC(C)N(C)C(=O)c1cc(F)ccc1Br. The van der Waals surface area contributed by atoms with E-state index < -0.39 is 5.82 Å². The lowest BCUT2D eigenvalue weighted by Crippen LogP contribution is -2.33. The van der Waals surface area contributed by atoms with Gasteiger partial charge in [-0.1, -0.05) is 0 Å². The van der Waals surface area contributed by atoms with Crippen molar-refractivity contribution in [1.82, 2.24) is 4.90 Å². The molecule has 0 spiro atoms. The average Bonchev–Trinajstić information content (AvgIpc) is 2.19. The monoisotopic (exact) mass is 273 g/mol. The Balaban J connectivity index is 3.05. The molecule has 0 unspecified atom stereocenters. The zero-order valence-corrected chi connectivity index (χ0v) is 10.5. The number of benzene rings is 1. The molecular weight excluding hydrogens is 261 g/mol. The second-order valence-corrected chi connectivity index (χ2v) is 4.49. The highest BCUT2D eigenvalue weighted by atomic mass is 79.9. The van der Waals surface area contributed by atoms with E-state index in [2.05, 4.69) is 15.9 Å². The van der Waals surface area contributed by atoms with Crippen LogP contribution >= 0.6 is 15.9 Å². The molecule has 1 aromatic rings. The van der Waals surface area contributed by atoms with E-state index >= 15 is 0 Å². The largest absolute Gasteiger partial charge is 0.339 e. The number of hydrogen-bond acceptors (Lipinski definition) is 1. The molecule has 0 aromatic heterocycles. The Hall–Kier alpha value is -0.900. The van der Waals surface area contributed by atoms with Crippen LogP contribution in [0.3, 0.4) is 0 Å². The first-order valence-corrected chi connectivity index (χ1v) is 5.45. The van der Waals surface area contributed by atoms with Crippen molar-refractivity contribution in [3.63, 3.8) is 0 Å². The Morgan fingerprint density at radius 3 is 2.60 bits per heavy atom. The highest BCUT2D eigenvalue weighted by Gasteiger charge is 2.17. The minimum Gasteiger partial charge on any atom is -0.339 e. The van der Waals surface area contributed by atoms with Crippen molar-refractivity contribution in [1.29, 1.82) is 0 Å². The number of carbonyl (C=O) groups excluding carboxylic acids is 1. The predicted molar refractivity (Wildman–Crippen MR) is 61.3 cm³/mol. The maximum atomic E-state index is 13.0. The van der Waals surface area contributed by atoms with Crippen LogP contribution < -0.4 is 0 Å². The van der Waals surface area contributed by atoms with Gasteiger partial charge in [0, 0.05) is 17.6 Å². The van der Waals surface area contributed by atoms with E-state index in [4.69, 9.17) is 0 Å². The van der Waals surface area contributed by atoms with Crippen molar-refractivity contribution >= 4 is 21.8 Å². The third-order valence-corrected chi connectivity index (χ3v) is 2.95. The van der Waals surface area contributed by atoms with Crippen molar-refractivity contribution in [2.24, 2.45) is 0 Å². The first-order chi connectivity index (χ1) is 6.93. The molecule has 0 heterocycles. The smallest absolute Gasteiger partial charge is 0.255 e. The van der Waals surface area contributed by atoms with Crippen LogP contribution in [0.25, 0.3) is 0 Å². The van der Waals surface area contributed by atoms with Gasteiger partial charge in [-0.25, -0.2) is 4.39 Å². The summed E-state index contributed by atoms with van der Waals surface area (Å²) in [6.07, 6.45) is 0. The quantitative estimate of drug-likeness (QED) is 0.811. The molecule has 1 rings (SSSR count). The molecule has 4 heteroatoms. The Morgan fingerprint density at radius 1 is 1.47 bits per heavy atom. The Kier molecular flexibility index (Phi) is 3.85. The van der Waals surface area contributed by atoms with Crippen molar-refractivity contribution in [3.05, 3.63) is 34.1 Å². The van der Waals surface area contributed by atoms with E-state index in [-0.39, 0.29) is 11.9 Å². The van der Waals surface area contributed by atoms with Gasteiger partial charge in [-0.05, 0) is 48.0 Å². The molecule has 0 radical (unpaired) electrons. The fourth-order valence-corrected chi connectivity index (χ4v) is 1.50. The average molecular weight is 274 g/mol. The normalized spacial score (nSPS) is 10.5. The van der Waals surface area contributed by atoms with Gasteiger partial charge in [-0.3, -0.25) is 4.79 Å². The fraction of sp³-hybridized carbons (Fsp3) is 0.364. The lowest BCUT2D eigenvalue weighted by atomic mass is 10.2. The lowest BCUT2D eigenvalue weighted by Gasteiger charge is -2.22. The van der Waals surface area contributed by atoms with Gasteiger partial charge in [-0.15, -0.1) is 0 Å². The summed E-state index contributed by atoms with van der Waals surface area (Å²) < 4.78 is 13.6. The Labute approximate surface area is 97.2 Å². The van der Waals surface area contributed by atoms with Crippen molar-refractivity contribution in [2.75, 3.05) is 7.05 Å². The summed E-state index contributed by atoms with van der Waals surface area (Å²) in [7, 11) is 1.70. The van der Waals surface area contributed by atoms with E-state index in [1.54, 1.807) is 11.9 Å². The van der Waals surface area contributed by atoms with Gasteiger partial charge in [0.2, 0.25) is 0 Å². The number of carbonyl (C=O) groups is 1. The highest BCUT2D eigenvalue weighted by Crippen LogP contribution is 2.19. The molecule has 0 aliphatic rings. The maximum absolute atomic E-state index is 13.0. The van der Waals surface area contributed by atoms with Gasteiger partial charge in [-0.2, -0.15) is 0 Å². The predicted octanol–water partition coefficient (Wildman–Crippen LogP) is 3.07. The minimum absolute atomic E-state index is 0.0904. The molecule has 0 saturated heterocycles. The Bertz CT molecular complexity index is 379. The summed E-state index contributed by atoms with van der Waals surface area (Å²) in [4.78, 5) is 13.5. The summed E-state index contributed by atoms with van der Waals surface area (Å²) in [5.74, 6) is -0.588. The lowest BCUT2D eigenvalue weighted by molar-refractivity contribution is 0.0753. The zero-order valence-electron chi connectivity index (χ0n) is 8.92. The molecule has 82 valence electrons. The number of amides is 1. The number of nitrogens with zero attached hydrogens (tertiary/aromatic N) is 1. The van der Waals surface area contributed by atoms with Gasteiger partial charge in [0.15, 0.2) is 0 Å². The molecule has 0 saturated carbocycles. The van der Waals surface area contributed by atoms with E-state index in [0.717, 1.165) is 0 Å². The van der Waals surface area contributed by atoms with Crippen LogP contribution in [0.5, 0.6) is 0 Å². The van der Waals surface area contributed by atoms with Crippen LogP contribution in [0, 0.1) is 5.82 Å². The third-order valence-electron chi connectivity index (χ3n) is 2.25. The van der Waals surface area contributed by atoms with Crippen molar-refractivity contribution in [2.45, 2.75) is 19.9 Å². The first kappa shape index (κ1) is 12.2. The molecule has 0 aliphatic heterocycles. The van der Waals surface area contributed by atoms with Crippen LogP contribution in [0.1, 0.15) is 24.2 Å². The number of rotatable bonds is 2. The van der Waals surface area contributed by atoms with Gasteiger partial charge >= 0.3 is 0 Å². The molecule has 0 N–H and O–H groups in total. The summed E-state index contributed by atoms with van der Waals surface area (Å²) in [6, 6.07) is 4.19. The van der Waals surface area contributed by atoms with E-state index in [1.807, 2.05) is 13.8 Å². The highest BCUT2D eigenvalue weighted by molar-refractivity contribution is 9.10. The van der Waals surface area contributed by atoms with Crippen LogP contribution in [0.4, 0.5) is 4.39 Å². The third kappa shape index (κ3) is 2.78. The zero-order chi connectivity index (χ0) is 11.6. The molecule has 0 aliphatic carbocycles. The van der Waals surface area contributed by atoms with E-state index in [0.29, 0.717) is 10.0 Å². The van der Waals surface area contributed by atoms with Crippen LogP contribution in [-0.2, 0) is 0 Å².